The number of thiol groups is 1. The lowest BCUT2D eigenvalue weighted by Crippen LogP contribution is -2.18. The van der Waals surface area contributed by atoms with Crippen molar-refractivity contribution in [3.63, 3.8) is 0 Å². The second-order valence-electron chi connectivity index (χ2n) is 7.34. The Morgan fingerprint density at radius 2 is 1.41 bits per heavy atom. The summed E-state index contributed by atoms with van der Waals surface area (Å²) in [6.45, 7) is 11.3. The van der Waals surface area contributed by atoms with E-state index >= 15 is 0 Å². The molecule has 3 N–H and O–H groups in total. The summed E-state index contributed by atoms with van der Waals surface area (Å²) < 4.78 is 0. The molecule has 1 atom stereocenters. The van der Waals surface area contributed by atoms with Gasteiger partial charge in [-0.1, -0.05) is 87.9 Å². The van der Waals surface area contributed by atoms with Crippen LogP contribution in [0.15, 0.2) is 77.7 Å². The fourth-order valence-electron chi connectivity index (χ4n) is 3.10. The lowest BCUT2D eigenvalue weighted by Gasteiger charge is -2.15. The summed E-state index contributed by atoms with van der Waals surface area (Å²) in [6, 6.07) is 25.2. The topological polar surface area (TPSA) is 61.4 Å². The first-order valence-electron chi connectivity index (χ1n) is 11.8. The van der Waals surface area contributed by atoms with Crippen LogP contribution in [0.4, 0.5) is 5.69 Å². The Labute approximate surface area is 212 Å². The van der Waals surface area contributed by atoms with Gasteiger partial charge in [0, 0.05) is 30.2 Å². The standard InChI is InChI=1S/C19H25NO.C7H9NS.C2H6.CH2O/c1-3-4-16-9-11-19(12-10-16)15(2)20-13-17-5-7-18(14-21)8-6-17;1-8-6-4-2-3-5-7(6)9;2*1-2/h5-12,15,20-21H,3-4,13-14H2,1-2H3;2-5,8-9H,1H3;1-2H3;1H2. The number of rotatable bonds is 8. The quantitative estimate of drug-likeness (QED) is 0.265. The lowest BCUT2D eigenvalue weighted by molar-refractivity contribution is -0.0979. The summed E-state index contributed by atoms with van der Waals surface area (Å²) in [6.07, 6.45) is 2.34. The number of hydrogen-bond acceptors (Lipinski definition) is 5. The minimum Gasteiger partial charge on any atom is -0.392 e. The average molecular weight is 483 g/mol. The van der Waals surface area contributed by atoms with Gasteiger partial charge in [0.2, 0.25) is 0 Å². The molecule has 1 unspecified atom stereocenters. The molecule has 0 aliphatic rings. The second-order valence-corrected chi connectivity index (χ2v) is 7.82. The van der Waals surface area contributed by atoms with Gasteiger partial charge < -0.3 is 20.5 Å². The van der Waals surface area contributed by atoms with Crippen molar-refractivity contribution in [2.45, 2.75) is 64.6 Å². The van der Waals surface area contributed by atoms with E-state index in [1.54, 1.807) is 0 Å². The number of anilines is 1. The number of aryl methyl sites for hydroxylation is 1. The van der Waals surface area contributed by atoms with Gasteiger partial charge in [-0.05, 0) is 47.7 Å². The Hall–Kier alpha value is -2.60. The maximum Gasteiger partial charge on any atom is 0.106 e. The number of hydrogen-bond donors (Lipinski definition) is 4. The maximum atomic E-state index is 9.04. The predicted molar refractivity (Wildman–Crippen MR) is 150 cm³/mol. The first-order chi connectivity index (χ1) is 16.6. The number of nitrogens with one attached hydrogen (secondary N) is 2. The highest BCUT2D eigenvalue weighted by atomic mass is 32.1. The van der Waals surface area contributed by atoms with Crippen molar-refractivity contribution < 1.29 is 9.90 Å². The molecule has 3 aromatic rings. The molecule has 3 aromatic carbocycles. The largest absolute Gasteiger partial charge is 0.392 e. The van der Waals surface area contributed by atoms with E-state index in [1.165, 1.54) is 23.1 Å². The van der Waals surface area contributed by atoms with Gasteiger partial charge in [0.15, 0.2) is 0 Å². The maximum absolute atomic E-state index is 9.04. The third-order valence-corrected chi connectivity index (χ3v) is 5.40. The molecule has 34 heavy (non-hydrogen) atoms. The van der Waals surface area contributed by atoms with Gasteiger partial charge in [0.1, 0.15) is 6.79 Å². The number of carbonyl (C=O) groups excluding carboxylic acids is 1. The number of aliphatic hydroxyl groups excluding tert-OH is 1. The zero-order valence-electron chi connectivity index (χ0n) is 21.3. The zero-order chi connectivity index (χ0) is 25.8. The normalized spacial score (nSPS) is 10.3. The highest BCUT2D eigenvalue weighted by molar-refractivity contribution is 7.80. The smallest absolute Gasteiger partial charge is 0.106 e. The summed E-state index contributed by atoms with van der Waals surface area (Å²) >= 11 is 4.22. The molecule has 0 radical (unpaired) electrons. The van der Waals surface area contributed by atoms with E-state index in [2.05, 4.69) is 73.5 Å². The lowest BCUT2D eigenvalue weighted by atomic mass is 10.0. The van der Waals surface area contributed by atoms with E-state index in [4.69, 9.17) is 9.90 Å². The van der Waals surface area contributed by atoms with Gasteiger partial charge in [-0.3, -0.25) is 0 Å². The molecule has 0 fully saturated rings. The molecule has 0 heterocycles. The summed E-state index contributed by atoms with van der Waals surface area (Å²) in [5.74, 6) is 0. The molecule has 0 bridgehead atoms. The van der Waals surface area contributed by atoms with Gasteiger partial charge in [0.25, 0.3) is 0 Å². The van der Waals surface area contributed by atoms with Crippen molar-refractivity contribution in [3.8, 4) is 0 Å². The molecular formula is C29H42N2O2S. The van der Waals surface area contributed by atoms with Gasteiger partial charge >= 0.3 is 0 Å². The molecule has 0 amide bonds. The fourth-order valence-corrected chi connectivity index (χ4v) is 3.37. The van der Waals surface area contributed by atoms with Crippen LogP contribution in [0.25, 0.3) is 0 Å². The monoisotopic (exact) mass is 482 g/mol. The van der Waals surface area contributed by atoms with Crippen molar-refractivity contribution in [3.05, 3.63) is 95.1 Å². The van der Waals surface area contributed by atoms with Crippen LogP contribution in [-0.2, 0) is 24.4 Å². The molecule has 4 nitrogen and oxygen atoms in total. The molecule has 0 saturated carbocycles. The van der Waals surface area contributed by atoms with Crippen LogP contribution >= 0.6 is 12.6 Å². The van der Waals surface area contributed by atoms with E-state index in [-0.39, 0.29) is 6.61 Å². The summed E-state index contributed by atoms with van der Waals surface area (Å²) in [5.41, 5.74) is 6.00. The third kappa shape index (κ3) is 12.0. The van der Waals surface area contributed by atoms with E-state index < -0.39 is 0 Å². The molecular weight excluding hydrogens is 440 g/mol. The number of benzene rings is 3. The average Bonchev–Trinajstić information content (AvgIpc) is 2.91. The number of carbonyl (C=O) groups is 1. The summed E-state index contributed by atoms with van der Waals surface area (Å²) in [4.78, 5) is 8.99. The first kappa shape index (κ1) is 31.4. The Kier molecular flexibility index (Phi) is 18.3. The fraction of sp³-hybridized carbons (Fsp3) is 0.345. The SMILES string of the molecule is C=O.CC.CCCc1ccc(C(C)NCc2ccc(CO)cc2)cc1.CNc1ccccc1S. The Morgan fingerprint density at radius 3 is 1.88 bits per heavy atom. The van der Waals surface area contributed by atoms with Crippen molar-refractivity contribution in [2.75, 3.05) is 12.4 Å². The first-order valence-corrected chi connectivity index (χ1v) is 12.3. The highest BCUT2D eigenvalue weighted by Gasteiger charge is 2.05. The second kappa shape index (κ2) is 19.8. The highest BCUT2D eigenvalue weighted by Crippen LogP contribution is 2.17. The molecule has 0 aliphatic carbocycles. The molecule has 3 rings (SSSR count). The van der Waals surface area contributed by atoms with Crippen LogP contribution in [0.3, 0.4) is 0 Å². The van der Waals surface area contributed by atoms with Crippen molar-refractivity contribution >= 4 is 25.1 Å². The van der Waals surface area contributed by atoms with E-state index in [9.17, 15) is 0 Å². The van der Waals surface area contributed by atoms with Gasteiger partial charge in [-0.25, -0.2) is 0 Å². The molecule has 0 spiro atoms. The van der Waals surface area contributed by atoms with Gasteiger partial charge in [-0.2, -0.15) is 0 Å². The van der Waals surface area contributed by atoms with Crippen molar-refractivity contribution in [2.24, 2.45) is 0 Å². The van der Waals surface area contributed by atoms with Crippen molar-refractivity contribution in [1.82, 2.24) is 5.32 Å². The Balaban J connectivity index is 0.000000698. The van der Waals surface area contributed by atoms with Gasteiger partial charge in [0.05, 0.1) is 6.61 Å². The van der Waals surface area contributed by atoms with Crippen LogP contribution in [0.5, 0.6) is 0 Å². The van der Waals surface area contributed by atoms with Crippen LogP contribution in [-0.4, -0.2) is 18.9 Å². The predicted octanol–water partition coefficient (Wildman–Crippen LogP) is 6.84. The van der Waals surface area contributed by atoms with Crippen LogP contribution in [0.1, 0.15) is 62.4 Å². The summed E-state index contributed by atoms with van der Waals surface area (Å²) in [5, 5.41) is 15.6. The summed E-state index contributed by atoms with van der Waals surface area (Å²) in [7, 11) is 1.88. The zero-order valence-corrected chi connectivity index (χ0v) is 22.2. The van der Waals surface area contributed by atoms with Crippen LogP contribution in [0, 0.1) is 0 Å². The molecule has 186 valence electrons. The van der Waals surface area contributed by atoms with Crippen LogP contribution < -0.4 is 10.6 Å². The van der Waals surface area contributed by atoms with Gasteiger partial charge in [-0.15, -0.1) is 12.6 Å². The van der Waals surface area contributed by atoms with E-state index in [0.717, 1.165) is 29.1 Å². The van der Waals surface area contributed by atoms with E-state index in [1.807, 2.05) is 64.1 Å². The number of para-hydroxylation sites is 1. The van der Waals surface area contributed by atoms with Crippen LogP contribution in [0.2, 0.25) is 0 Å². The Morgan fingerprint density at radius 1 is 0.882 bits per heavy atom. The molecule has 0 aliphatic heterocycles. The Bertz CT molecular complexity index is 883. The molecule has 5 heteroatoms. The molecule has 0 aromatic heterocycles. The third-order valence-electron chi connectivity index (χ3n) is 5.01. The molecule has 0 saturated heterocycles. The minimum absolute atomic E-state index is 0.105. The number of aliphatic hydroxyl groups is 1. The van der Waals surface area contributed by atoms with E-state index in [0.29, 0.717) is 6.04 Å². The van der Waals surface area contributed by atoms with Crippen molar-refractivity contribution in [1.29, 1.82) is 0 Å². The minimum atomic E-state index is 0.105.